The van der Waals surface area contributed by atoms with Gasteiger partial charge in [-0.3, -0.25) is 0 Å². The number of aliphatic hydroxyl groups excluding tert-OH is 1. The molecule has 1 unspecified atom stereocenters. The molecule has 0 radical (unpaired) electrons. The highest BCUT2D eigenvalue weighted by atomic mass is 16.5. The van der Waals surface area contributed by atoms with Crippen molar-refractivity contribution in [2.24, 2.45) is 5.41 Å². The molecule has 2 rings (SSSR count). The largest absolute Gasteiger partial charge is 0.396 e. The molecule has 0 aliphatic carbocycles. The van der Waals surface area contributed by atoms with Crippen LogP contribution in [-0.4, -0.2) is 45.1 Å². The Morgan fingerprint density at radius 3 is 2.45 bits per heavy atom. The lowest BCUT2D eigenvalue weighted by Gasteiger charge is -2.40. The van der Waals surface area contributed by atoms with E-state index in [-0.39, 0.29) is 18.1 Å². The molecule has 1 fully saturated rings. The van der Waals surface area contributed by atoms with Crippen LogP contribution in [0.3, 0.4) is 0 Å². The van der Waals surface area contributed by atoms with Gasteiger partial charge in [0.25, 0.3) is 0 Å². The average Bonchev–Trinajstić information content (AvgIpc) is 2.45. The number of rotatable bonds is 7. The molecule has 4 nitrogen and oxygen atoms in total. The highest BCUT2D eigenvalue weighted by molar-refractivity contribution is 5.47. The first kappa shape index (κ1) is 15.3. The maximum atomic E-state index is 9.42. The number of anilines is 1. The number of nitrogens with zero attached hydrogens (tertiary/aromatic N) is 1. The van der Waals surface area contributed by atoms with Gasteiger partial charge in [-0.2, -0.15) is 0 Å². The Labute approximate surface area is 121 Å². The van der Waals surface area contributed by atoms with E-state index in [0.717, 1.165) is 13.1 Å². The molecule has 1 aromatic rings. The van der Waals surface area contributed by atoms with E-state index in [2.05, 4.69) is 55.4 Å². The summed E-state index contributed by atoms with van der Waals surface area (Å²) in [6.07, 6.45) is 0. The minimum atomic E-state index is -0.0728. The maximum Gasteiger partial charge on any atom is 0.0579 e. The van der Waals surface area contributed by atoms with Gasteiger partial charge in [0, 0.05) is 31.9 Å². The molecular weight excluding hydrogens is 252 g/mol. The first-order chi connectivity index (χ1) is 9.60. The molecule has 0 amide bonds. The lowest BCUT2D eigenvalue weighted by Crippen LogP contribution is -2.52. The normalized spacial score (nSPS) is 18.4. The second kappa shape index (κ2) is 6.57. The van der Waals surface area contributed by atoms with Gasteiger partial charge in [-0.15, -0.1) is 0 Å². The standard InChI is InChI=1S/C16H26N2O2/c1-4-18(3)15-7-5-14(6-8-15)13(2)17-9-16(10-19)11-20-12-16/h5-8,13,17,19H,4,9-12H2,1-3H3. The summed E-state index contributed by atoms with van der Waals surface area (Å²) in [5, 5.41) is 12.9. The number of ether oxygens (including phenoxy) is 1. The molecule has 1 atom stereocenters. The number of aliphatic hydroxyl groups is 1. The summed E-state index contributed by atoms with van der Waals surface area (Å²) in [6.45, 7) is 7.60. The monoisotopic (exact) mass is 278 g/mol. The molecule has 0 bridgehead atoms. The van der Waals surface area contributed by atoms with E-state index in [0.29, 0.717) is 13.2 Å². The quantitative estimate of drug-likeness (QED) is 0.798. The van der Waals surface area contributed by atoms with Crippen LogP contribution >= 0.6 is 0 Å². The van der Waals surface area contributed by atoms with Crippen molar-refractivity contribution in [1.29, 1.82) is 0 Å². The summed E-state index contributed by atoms with van der Waals surface area (Å²) in [4.78, 5) is 2.22. The van der Waals surface area contributed by atoms with Gasteiger partial charge in [0.15, 0.2) is 0 Å². The molecule has 112 valence electrons. The number of nitrogens with one attached hydrogen (secondary N) is 1. The van der Waals surface area contributed by atoms with Gasteiger partial charge in [0.2, 0.25) is 0 Å². The van der Waals surface area contributed by atoms with E-state index in [1.807, 2.05) is 0 Å². The van der Waals surface area contributed by atoms with Crippen LogP contribution in [0, 0.1) is 5.41 Å². The molecule has 1 saturated heterocycles. The van der Waals surface area contributed by atoms with E-state index in [1.54, 1.807) is 0 Å². The van der Waals surface area contributed by atoms with Crippen LogP contribution in [0.4, 0.5) is 5.69 Å². The van der Waals surface area contributed by atoms with E-state index in [9.17, 15) is 5.11 Å². The van der Waals surface area contributed by atoms with Crippen LogP contribution in [0.5, 0.6) is 0 Å². The molecule has 1 aliphatic heterocycles. The van der Waals surface area contributed by atoms with Crippen LogP contribution < -0.4 is 10.2 Å². The molecular formula is C16H26N2O2. The fourth-order valence-electron chi connectivity index (χ4n) is 2.33. The summed E-state index contributed by atoms with van der Waals surface area (Å²) in [5.74, 6) is 0. The Hall–Kier alpha value is -1.10. The first-order valence-electron chi connectivity index (χ1n) is 7.33. The van der Waals surface area contributed by atoms with Crippen molar-refractivity contribution in [3.05, 3.63) is 29.8 Å². The Kier molecular flexibility index (Phi) is 5.02. The molecule has 1 aliphatic rings. The fourth-order valence-corrected chi connectivity index (χ4v) is 2.33. The maximum absolute atomic E-state index is 9.42. The minimum absolute atomic E-state index is 0.0728. The van der Waals surface area contributed by atoms with Gasteiger partial charge < -0.3 is 20.1 Å². The summed E-state index contributed by atoms with van der Waals surface area (Å²) >= 11 is 0. The second-order valence-electron chi connectivity index (χ2n) is 5.86. The van der Waals surface area contributed by atoms with Crippen molar-refractivity contribution in [3.8, 4) is 0 Å². The Morgan fingerprint density at radius 1 is 1.35 bits per heavy atom. The summed E-state index contributed by atoms with van der Waals surface area (Å²) in [6, 6.07) is 8.93. The summed E-state index contributed by atoms with van der Waals surface area (Å²) < 4.78 is 5.22. The number of hydrogen-bond acceptors (Lipinski definition) is 4. The van der Waals surface area contributed by atoms with Crippen molar-refractivity contribution in [2.75, 3.05) is 44.9 Å². The van der Waals surface area contributed by atoms with Gasteiger partial charge in [-0.25, -0.2) is 0 Å². The molecule has 20 heavy (non-hydrogen) atoms. The van der Waals surface area contributed by atoms with E-state index < -0.39 is 0 Å². The Bertz CT molecular complexity index is 409. The van der Waals surface area contributed by atoms with Crippen molar-refractivity contribution < 1.29 is 9.84 Å². The lowest BCUT2D eigenvalue weighted by molar-refractivity contribution is -0.135. The fraction of sp³-hybridized carbons (Fsp3) is 0.625. The zero-order valence-corrected chi connectivity index (χ0v) is 12.7. The zero-order chi connectivity index (χ0) is 14.6. The van der Waals surface area contributed by atoms with Crippen LogP contribution in [0.15, 0.2) is 24.3 Å². The Balaban J connectivity index is 1.90. The summed E-state index contributed by atoms with van der Waals surface area (Å²) in [7, 11) is 2.10. The molecule has 1 heterocycles. The Morgan fingerprint density at radius 2 is 2.00 bits per heavy atom. The van der Waals surface area contributed by atoms with E-state index >= 15 is 0 Å². The lowest BCUT2D eigenvalue weighted by atomic mass is 9.86. The molecule has 0 aromatic heterocycles. The van der Waals surface area contributed by atoms with Crippen LogP contribution in [-0.2, 0) is 4.74 Å². The summed E-state index contributed by atoms with van der Waals surface area (Å²) in [5.41, 5.74) is 2.44. The molecule has 1 aromatic carbocycles. The van der Waals surface area contributed by atoms with Crippen molar-refractivity contribution in [2.45, 2.75) is 19.9 Å². The molecule has 0 saturated carbocycles. The van der Waals surface area contributed by atoms with Gasteiger partial charge in [-0.05, 0) is 31.5 Å². The first-order valence-corrected chi connectivity index (χ1v) is 7.33. The minimum Gasteiger partial charge on any atom is -0.396 e. The van der Waals surface area contributed by atoms with Gasteiger partial charge >= 0.3 is 0 Å². The highest BCUT2D eigenvalue weighted by Gasteiger charge is 2.37. The van der Waals surface area contributed by atoms with Crippen molar-refractivity contribution in [1.82, 2.24) is 5.32 Å². The third-order valence-corrected chi connectivity index (χ3v) is 4.24. The van der Waals surface area contributed by atoms with Crippen LogP contribution in [0.1, 0.15) is 25.5 Å². The van der Waals surface area contributed by atoms with Crippen LogP contribution in [0.25, 0.3) is 0 Å². The topological polar surface area (TPSA) is 44.7 Å². The van der Waals surface area contributed by atoms with Gasteiger partial charge in [0.1, 0.15) is 0 Å². The second-order valence-corrected chi connectivity index (χ2v) is 5.86. The molecule has 4 heteroatoms. The smallest absolute Gasteiger partial charge is 0.0579 e. The number of benzene rings is 1. The average molecular weight is 278 g/mol. The third kappa shape index (κ3) is 3.32. The van der Waals surface area contributed by atoms with E-state index in [4.69, 9.17) is 4.74 Å². The predicted molar refractivity (Wildman–Crippen MR) is 82.1 cm³/mol. The van der Waals surface area contributed by atoms with Gasteiger partial charge in [-0.1, -0.05) is 12.1 Å². The molecule has 2 N–H and O–H groups in total. The molecule has 0 spiro atoms. The number of hydrogen-bond donors (Lipinski definition) is 2. The SMILES string of the molecule is CCN(C)c1ccc(C(C)NCC2(CO)COC2)cc1. The van der Waals surface area contributed by atoms with Gasteiger partial charge in [0.05, 0.1) is 25.2 Å². The van der Waals surface area contributed by atoms with E-state index in [1.165, 1.54) is 11.3 Å². The predicted octanol–water partition coefficient (Wildman–Crippen LogP) is 1.80. The highest BCUT2D eigenvalue weighted by Crippen LogP contribution is 2.27. The third-order valence-electron chi connectivity index (χ3n) is 4.24. The van der Waals surface area contributed by atoms with Crippen molar-refractivity contribution >= 4 is 5.69 Å². The van der Waals surface area contributed by atoms with Crippen LogP contribution in [0.2, 0.25) is 0 Å². The zero-order valence-electron chi connectivity index (χ0n) is 12.7. The van der Waals surface area contributed by atoms with Crippen molar-refractivity contribution in [3.63, 3.8) is 0 Å².